The molecule has 1 aromatic carbocycles. The fourth-order valence-electron chi connectivity index (χ4n) is 5.50. The number of fused-ring (bicyclic) bond motifs is 1. The Morgan fingerprint density at radius 1 is 1.05 bits per heavy atom. The average Bonchev–Trinajstić information content (AvgIpc) is 3.37. The van der Waals surface area contributed by atoms with Crippen molar-refractivity contribution < 1.29 is 4.74 Å². The van der Waals surface area contributed by atoms with Crippen LogP contribution < -0.4 is 26.7 Å². The zero-order valence-electron chi connectivity index (χ0n) is 22.4. The maximum atomic E-state index is 14.5. The highest BCUT2D eigenvalue weighted by atomic mass is 16.5. The van der Waals surface area contributed by atoms with Gasteiger partial charge in [0.25, 0.3) is 5.56 Å². The SMILES string of the molecule is COc1cncc(-c2cccc3nc([C@@H]4CC[C@H](C)N4c4nc(N)nc(N)c4C#N)n(-c4cccnc4)c(=O)c23)c1. The van der Waals surface area contributed by atoms with Crippen molar-refractivity contribution in [3.05, 3.63) is 82.9 Å². The number of benzene rings is 1. The minimum atomic E-state index is -0.426. The molecule has 41 heavy (non-hydrogen) atoms. The van der Waals surface area contributed by atoms with Crippen LogP contribution >= 0.6 is 0 Å². The molecule has 0 saturated carbocycles. The summed E-state index contributed by atoms with van der Waals surface area (Å²) < 4.78 is 6.96. The van der Waals surface area contributed by atoms with E-state index in [0.29, 0.717) is 46.0 Å². The van der Waals surface area contributed by atoms with Crippen molar-refractivity contribution >= 4 is 28.5 Å². The summed E-state index contributed by atoms with van der Waals surface area (Å²) in [6, 6.07) is 12.6. The Kier molecular flexibility index (Phi) is 6.39. The maximum absolute atomic E-state index is 14.5. The van der Waals surface area contributed by atoms with Crippen LogP contribution in [0, 0.1) is 11.3 Å². The van der Waals surface area contributed by atoms with Gasteiger partial charge in [0, 0.05) is 24.0 Å². The molecule has 1 aliphatic heterocycles. The van der Waals surface area contributed by atoms with E-state index in [1.807, 2.05) is 42.2 Å². The number of nitrogens with two attached hydrogens (primary N) is 2. The second-order valence-corrected chi connectivity index (χ2v) is 9.76. The van der Waals surface area contributed by atoms with Crippen molar-refractivity contribution in [3.63, 3.8) is 0 Å². The van der Waals surface area contributed by atoms with Crippen LogP contribution in [-0.4, -0.2) is 42.6 Å². The van der Waals surface area contributed by atoms with Crippen molar-refractivity contribution in [3.8, 4) is 28.6 Å². The molecular weight excluding hydrogens is 520 g/mol. The van der Waals surface area contributed by atoms with Crippen molar-refractivity contribution in [1.82, 2.24) is 29.5 Å². The fraction of sp³-hybridized carbons (Fsp3) is 0.207. The molecule has 1 saturated heterocycles. The number of anilines is 3. The zero-order valence-corrected chi connectivity index (χ0v) is 22.4. The summed E-state index contributed by atoms with van der Waals surface area (Å²) in [6.45, 7) is 2.02. The predicted molar refractivity (Wildman–Crippen MR) is 154 cm³/mol. The number of pyridine rings is 2. The summed E-state index contributed by atoms with van der Waals surface area (Å²) in [4.78, 5) is 38.5. The minimum absolute atomic E-state index is 0.000473. The molecule has 1 fully saturated rings. The number of nitrogens with zero attached hydrogens (tertiary/aromatic N) is 8. The normalized spacial score (nSPS) is 16.6. The van der Waals surface area contributed by atoms with E-state index in [0.717, 1.165) is 12.0 Å². The molecule has 0 bridgehead atoms. The van der Waals surface area contributed by atoms with Gasteiger partial charge in [-0.3, -0.25) is 19.3 Å². The molecular formula is C29H26N10O2. The molecule has 4 aromatic heterocycles. The second kappa shape index (κ2) is 10.2. The largest absolute Gasteiger partial charge is 0.495 e. The van der Waals surface area contributed by atoms with Crippen LogP contribution in [0.3, 0.4) is 0 Å². The summed E-state index contributed by atoms with van der Waals surface area (Å²) in [6.07, 6.45) is 7.97. The lowest BCUT2D eigenvalue weighted by atomic mass is 10.0. The summed E-state index contributed by atoms with van der Waals surface area (Å²) >= 11 is 0. The van der Waals surface area contributed by atoms with Gasteiger partial charge in [-0.25, -0.2) is 4.98 Å². The number of aromatic nitrogens is 6. The van der Waals surface area contributed by atoms with Gasteiger partial charge in [0.05, 0.1) is 42.1 Å². The third-order valence-corrected chi connectivity index (χ3v) is 7.35. The van der Waals surface area contributed by atoms with Crippen LogP contribution in [0.15, 0.2) is 66.0 Å². The molecule has 12 nitrogen and oxygen atoms in total. The van der Waals surface area contributed by atoms with Gasteiger partial charge in [-0.1, -0.05) is 12.1 Å². The zero-order chi connectivity index (χ0) is 28.7. The van der Waals surface area contributed by atoms with Crippen molar-refractivity contribution in [2.45, 2.75) is 31.8 Å². The van der Waals surface area contributed by atoms with Gasteiger partial charge in [-0.05, 0) is 49.6 Å². The number of ether oxygens (including phenoxy) is 1. The van der Waals surface area contributed by atoms with Gasteiger partial charge >= 0.3 is 0 Å². The molecule has 0 spiro atoms. The van der Waals surface area contributed by atoms with Crippen molar-refractivity contribution in [1.29, 1.82) is 5.26 Å². The average molecular weight is 547 g/mol. The quantitative estimate of drug-likeness (QED) is 0.330. The molecule has 2 atom stereocenters. The molecule has 204 valence electrons. The molecule has 0 amide bonds. The topological polar surface area (TPSA) is 175 Å². The van der Waals surface area contributed by atoms with E-state index < -0.39 is 6.04 Å². The van der Waals surface area contributed by atoms with Gasteiger partial charge in [-0.2, -0.15) is 15.2 Å². The Morgan fingerprint density at radius 2 is 1.90 bits per heavy atom. The van der Waals surface area contributed by atoms with Gasteiger partial charge in [-0.15, -0.1) is 0 Å². The standard InChI is InChI=1S/C29H26N10O2/c1-16-8-9-23(38(16)26-21(12-30)25(31)36-29(32)37-26)27-35-22-7-3-6-20(17-11-19(41-2)15-34-13-17)24(22)28(40)39(27)18-5-4-10-33-14-18/h3-7,10-11,13-16,23H,8-9H2,1-2H3,(H4,31,32,36,37)/t16-,23-/m0/s1. The van der Waals surface area contributed by atoms with E-state index in [1.54, 1.807) is 42.5 Å². The van der Waals surface area contributed by atoms with Crippen LogP contribution in [0.1, 0.15) is 37.2 Å². The van der Waals surface area contributed by atoms with Crippen LogP contribution in [0.25, 0.3) is 27.7 Å². The van der Waals surface area contributed by atoms with E-state index >= 15 is 0 Å². The number of hydrogen-bond acceptors (Lipinski definition) is 11. The number of nitrogen functional groups attached to an aromatic ring is 2. The number of hydrogen-bond donors (Lipinski definition) is 2. The van der Waals surface area contributed by atoms with Gasteiger partial charge in [0.1, 0.15) is 29.0 Å². The summed E-state index contributed by atoms with van der Waals surface area (Å²) in [7, 11) is 1.57. The van der Waals surface area contributed by atoms with Crippen molar-refractivity contribution in [2.24, 2.45) is 0 Å². The molecule has 5 heterocycles. The second-order valence-electron chi connectivity index (χ2n) is 9.76. The first-order valence-electron chi connectivity index (χ1n) is 13.0. The predicted octanol–water partition coefficient (Wildman–Crippen LogP) is 3.41. The number of rotatable bonds is 5. The van der Waals surface area contributed by atoms with E-state index in [-0.39, 0.29) is 28.9 Å². The lowest BCUT2D eigenvalue weighted by Gasteiger charge is -2.31. The van der Waals surface area contributed by atoms with Crippen molar-refractivity contribution in [2.75, 3.05) is 23.5 Å². The van der Waals surface area contributed by atoms with Crippen LogP contribution in [0.4, 0.5) is 17.6 Å². The third-order valence-electron chi connectivity index (χ3n) is 7.35. The third kappa shape index (κ3) is 4.33. The van der Waals surface area contributed by atoms with Gasteiger partial charge < -0.3 is 21.1 Å². The monoisotopic (exact) mass is 546 g/mol. The lowest BCUT2D eigenvalue weighted by molar-refractivity contribution is 0.413. The molecule has 0 unspecified atom stereocenters. The molecule has 5 aromatic rings. The summed E-state index contributed by atoms with van der Waals surface area (Å²) in [5.41, 5.74) is 14.4. The van der Waals surface area contributed by atoms with Gasteiger partial charge in [0.15, 0.2) is 5.82 Å². The highest BCUT2D eigenvalue weighted by Crippen LogP contribution is 2.41. The lowest BCUT2D eigenvalue weighted by Crippen LogP contribution is -2.36. The van der Waals surface area contributed by atoms with Crippen LogP contribution in [-0.2, 0) is 0 Å². The van der Waals surface area contributed by atoms with E-state index in [4.69, 9.17) is 21.2 Å². The Labute approximate surface area is 234 Å². The smallest absolute Gasteiger partial charge is 0.266 e. The number of methoxy groups -OCH3 is 1. The van der Waals surface area contributed by atoms with E-state index in [1.165, 1.54) is 0 Å². The summed E-state index contributed by atoms with van der Waals surface area (Å²) in [5, 5.41) is 10.3. The van der Waals surface area contributed by atoms with E-state index in [9.17, 15) is 10.1 Å². The highest BCUT2D eigenvalue weighted by Gasteiger charge is 2.38. The molecule has 0 radical (unpaired) electrons. The fourth-order valence-corrected chi connectivity index (χ4v) is 5.50. The number of nitriles is 1. The van der Waals surface area contributed by atoms with Gasteiger partial charge in [0.2, 0.25) is 5.95 Å². The highest BCUT2D eigenvalue weighted by molar-refractivity contribution is 5.94. The molecule has 4 N–H and O–H groups in total. The summed E-state index contributed by atoms with van der Waals surface area (Å²) in [5.74, 6) is 1.34. The van der Waals surface area contributed by atoms with Crippen LogP contribution in [0.2, 0.25) is 0 Å². The molecule has 0 aliphatic carbocycles. The first-order valence-corrected chi connectivity index (χ1v) is 13.0. The molecule has 12 heteroatoms. The van der Waals surface area contributed by atoms with E-state index in [2.05, 4.69) is 26.0 Å². The molecule has 1 aliphatic rings. The Bertz CT molecular complexity index is 1880. The maximum Gasteiger partial charge on any atom is 0.266 e. The Morgan fingerprint density at radius 3 is 2.66 bits per heavy atom. The Hall–Kier alpha value is -5.57. The first-order chi connectivity index (χ1) is 19.9. The van der Waals surface area contributed by atoms with Crippen LogP contribution in [0.5, 0.6) is 5.75 Å². The molecule has 6 rings (SSSR count). The minimum Gasteiger partial charge on any atom is -0.495 e. The Balaban J connectivity index is 1.64. The first kappa shape index (κ1) is 25.7.